The summed E-state index contributed by atoms with van der Waals surface area (Å²) in [7, 11) is 3.51. The highest BCUT2D eigenvalue weighted by Crippen LogP contribution is 2.58. The minimum Gasteiger partial charge on any atom is -0.359 e. The molecular weight excluding hydrogens is 792 g/mol. The van der Waals surface area contributed by atoms with Gasteiger partial charge in [0.1, 0.15) is 11.6 Å². The predicted molar refractivity (Wildman–Crippen MR) is 239 cm³/mol. The van der Waals surface area contributed by atoms with E-state index in [1.54, 1.807) is 23.6 Å². The molecule has 0 bridgehead atoms. The molecule has 4 aromatic rings. The standard InChI is InChI=1S/C46H57FN10O3S/c1-29-6-9-36(23-33(29)27-54-18-11-31(12-19-54)32-7-10-37-40(24-32)53(4)52-42(37)55(28-58)20-15-41(59)48-3)61-56-21-13-35(14-22-56)50-45-49-26-38-43(51-45)57(44(60)46(38)16-17-46)39-25-34(47)8-5-30(39)2/h5,7-8,10,23-26,28-29,31,35-36H,6,9,11-22,27H2,1-4H3,(H,48,59)(H,49,50,51)/t29-,36?/m0/s1. The molecule has 15 heteroatoms. The van der Waals surface area contributed by atoms with Gasteiger partial charge in [-0.2, -0.15) is 10.1 Å². The van der Waals surface area contributed by atoms with Crippen LogP contribution in [-0.4, -0.2) is 105 Å². The number of carbonyl (C=O) groups is 3. The number of anilines is 4. The van der Waals surface area contributed by atoms with Gasteiger partial charge in [0.05, 0.1) is 16.6 Å². The predicted octanol–water partition coefficient (Wildman–Crippen LogP) is 6.75. The van der Waals surface area contributed by atoms with E-state index in [-0.39, 0.29) is 36.6 Å². The first-order valence-electron chi connectivity index (χ1n) is 22.0. The monoisotopic (exact) mass is 848 g/mol. The number of nitrogens with zero attached hydrogens (tertiary/aromatic N) is 8. The number of likely N-dealkylation sites (tertiary alicyclic amines) is 1. The number of aryl methyl sites for hydroxylation is 2. The second kappa shape index (κ2) is 17.1. The summed E-state index contributed by atoms with van der Waals surface area (Å²) < 4.78 is 18.7. The van der Waals surface area contributed by atoms with Gasteiger partial charge in [-0.05, 0) is 119 Å². The van der Waals surface area contributed by atoms with Gasteiger partial charge in [0.2, 0.25) is 24.2 Å². The molecule has 2 saturated heterocycles. The van der Waals surface area contributed by atoms with Gasteiger partial charge in [-0.1, -0.05) is 42.7 Å². The first-order chi connectivity index (χ1) is 29.5. The maximum absolute atomic E-state index is 14.4. The minimum absolute atomic E-state index is 0.0271. The number of carbonyl (C=O) groups excluding carboxylic acids is 3. The number of piperidine rings is 2. The lowest BCUT2D eigenvalue weighted by atomic mass is 9.86. The van der Waals surface area contributed by atoms with Crippen LogP contribution in [0.2, 0.25) is 0 Å². The molecular formula is C46H57FN10O3S. The van der Waals surface area contributed by atoms with E-state index >= 15 is 0 Å². The van der Waals surface area contributed by atoms with Crippen molar-refractivity contribution in [1.82, 2.24) is 34.3 Å². The summed E-state index contributed by atoms with van der Waals surface area (Å²) >= 11 is 2.01. The molecule has 3 aliphatic heterocycles. The molecule has 3 amide bonds. The molecule has 2 aliphatic carbocycles. The number of rotatable bonds is 13. The van der Waals surface area contributed by atoms with E-state index in [1.165, 1.54) is 35.4 Å². The van der Waals surface area contributed by atoms with E-state index < -0.39 is 5.41 Å². The fraction of sp³-hybridized carbons (Fsp3) is 0.522. The Bertz CT molecular complexity index is 2350. The summed E-state index contributed by atoms with van der Waals surface area (Å²) in [6, 6.07) is 11.3. The van der Waals surface area contributed by atoms with Gasteiger partial charge < -0.3 is 10.6 Å². The Morgan fingerprint density at radius 3 is 2.57 bits per heavy atom. The van der Waals surface area contributed by atoms with E-state index in [2.05, 4.69) is 61.1 Å². The van der Waals surface area contributed by atoms with Gasteiger partial charge in [-0.25, -0.2) is 13.7 Å². The number of halogens is 1. The average Bonchev–Trinajstić information content (AvgIpc) is 3.97. The first kappa shape index (κ1) is 41.5. The molecule has 13 nitrogen and oxygen atoms in total. The smallest absolute Gasteiger partial charge is 0.243 e. The summed E-state index contributed by atoms with van der Waals surface area (Å²) in [6.45, 7) is 9.68. The van der Waals surface area contributed by atoms with Crippen LogP contribution in [0.4, 0.5) is 27.7 Å². The third kappa shape index (κ3) is 8.28. The van der Waals surface area contributed by atoms with Crippen molar-refractivity contribution >= 4 is 64.3 Å². The Hall–Kier alpha value is -4.86. The van der Waals surface area contributed by atoms with Crippen LogP contribution in [-0.2, 0) is 26.8 Å². The van der Waals surface area contributed by atoms with Crippen molar-refractivity contribution in [1.29, 1.82) is 0 Å². The number of fused-ring (bicyclic) bond motifs is 3. The lowest BCUT2D eigenvalue weighted by Crippen LogP contribution is -2.38. The van der Waals surface area contributed by atoms with Crippen LogP contribution < -0.4 is 20.4 Å². The Labute approximate surface area is 361 Å². The zero-order valence-corrected chi connectivity index (χ0v) is 36.5. The number of nitrogens with one attached hydrogen (secondary N) is 2. The number of aromatic nitrogens is 4. The van der Waals surface area contributed by atoms with Crippen molar-refractivity contribution in [2.24, 2.45) is 13.0 Å². The van der Waals surface area contributed by atoms with Crippen LogP contribution in [0.15, 0.2) is 54.2 Å². The molecule has 3 fully saturated rings. The topological polar surface area (TPSA) is 132 Å². The van der Waals surface area contributed by atoms with Gasteiger partial charge in [0.25, 0.3) is 0 Å². The highest BCUT2D eigenvalue weighted by Gasteiger charge is 2.61. The van der Waals surface area contributed by atoms with Gasteiger partial charge in [-0.15, -0.1) is 0 Å². The maximum atomic E-state index is 14.4. The molecule has 0 radical (unpaired) electrons. The lowest BCUT2D eigenvalue weighted by Gasteiger charge is -2.37. The largest absolute Gasteiger partial charge is 0.359 e. The second-order valence-electron chi connectivity index (χ2n) is 17.8. The second-order valence-corrected chi connectivity index (χ2v) is 19.1. The van der Waals surface area contributed by atoms with E-state index in [1.807, 2.05) is 36.8 Å². The van der Waals surface area contributed by atoms with Crippen LogP contribution in [0.1, 0.15) is 87.3 Å². The number of amides is 3. The SMILES string of the molecule is CNC(=O)CCN(C=O)c1nn(C)c2cc(C3CCN(CC4=CC(SN5CCC(Nc6ncc7c(n6)N(c6cc(F)ccc6C)C(=O)C76CC6)CC5)CC[C@@H]4C)CC3)ccc12. The Morgan fingerprint density at radius 1 is 1.05 bits per heavy atom. The summed E-state index contributed by atoms with van der Waals surface area (Å²) in [5.74, 6) is 2.25. The highest BCUT2D eigenvalue weighted by atomic mass is 32.2. The molecule has 2 atom stereocenters. The van der Waals surface area contributed by atoms with Crippen LogP contribution >= 0.6 is 11.9 Å². The first-order valence-corrected chi connectivity index (χ1v) is 22.9. The zero-order valence-electron chi connectivity index (χ0n) is 35.7. The Morgan fingerprint density at radius 2 is 1.84 bits per heavy atom. The summed E-state index contributed by atoms with van der Waals surface area (Å²) in [5.41, 5.74) is 5.56. The fourth-order valence-corrected chi connectivity index (χ4v) is 11.1. The van der Waals surface area contributed by atoms with Crippen molar-refractivity contribution in [3.63, 3.8) is 0 Å². The van der Waals surface area contributed by atoms with Gasteiger partial charge in [0.15, 0.2) is 5.82 Å². The third-order valence-corrected chi connectivity index (χ3v) is 15.1. The van der Waals surface area contributed by atoms with E-state index in [0.717, 1.165) is 99.7 Å². The zero-order chi connectivity index (χ0) is 42.4. The van der Waals surface area contributed by atoms with Gasteiger partial charge in [0, 0.05) is 75.1 Å². The molecule has 5 aliphatic rings. The third-order valence-electron chi connectivity index (χ3n) is 13.8. The highest BCUT2D eigenvalue weighted by molar-refractivity contribution is 7.97. The van der Waals surface area contributed by atoms with Gasteiger partial charge >= 0.3 is 0 Å². The lowest BCUT2D eigenvalue weighted by molar-refractivity contribution is -0.120. The molecule has 2 N–H and O–H groups in total. The average molecular weight is 849 g/mol. The normalized spacial score (nSPS) is 22.1. The molecule has 1 unspecified atom stereocenters. The van der Waals surface area contributed by atoms with E-state index in [4.69, 9.17) is 4.98 Å². The van der Waals surface area contributed by atoms with Crippen LogP contribution in [0.5, 0.6) is 0 Å². The molecule has 2 aromatic carbocycles. The molecule has 322 valence electrons. The van der Waals surface area contributed by atoms with Crippen molar-refractivity contribution < 1.29 is 18.8 Å². The van der Waals surface area contributed by atoms with Crippen LogP contribution in [0.3, 0.4) is 0 Å². The van der Waals surface area contributed by atoms with Crippen LogP contribution in [0.25, 0.3) is 10.9 Å². The Kier molecular flexibility index (Phi) is 11.6. The van der Waals surface area contributed by atoms with E-state index in [9.17, 15) is 18.8 Å². The minimum atomic E-state index is -0.568. The van der Waals surface area contributed by atoms with Crippen LogP contribution in [0, 0.1) is 18.7 Å². The molecule has 61 heavy (non-hydrogen) atoms. The Balaban J connectivity index is 0.769. The molecule has 1 spiro atoms. The maximum Gasteiger partial charge on any atom is 0.243 e. The molecule has 2 aromatic heterocycles. The summed E-state index contributed by atoms with van der Waals surface area (Å²) in [6.07, 6.45) is 13.5. The van der Waals surface area contributed by atoms with E-state index in [0.29, 0.717) is 40.4 Å². The summed E-state index contributed by atoms with van der Waals surface area (Å²) in [4.78, 5) is 52.8. The van der Waals surface area contributed by atoms with Crippen molar-refractivity contribution in [3.05, 3.63) is 76.8 Å². The number of hydrogen-bond donors (Lipinski definition) is 2. The fourth-order valence-electron chi connectivity index (χ4n) is 9.85. The molecule has 1 saturated carbocycles. The van der Waals surface area contributed by atoms with Crippen molar-refractivity contribution in [2.45, 2.75) is 94.3 Å². The quantitative estimate of drug-likeness (QED) is 0.0847. The number of benzene rings is 2. The molecule has 5 heterocycles. The van der Waals surface area contributed by atoms with Crippen molar-refractivity contribution in [3.8, 4) is 0 Å². The van der Waals surface area contributed by atoms with Crippen molar-refractivity contribution in [2.75, 3.05) is 61.4 Å². The van der Waals surface area contributed by atoms with Gasteiger partial charge in [-0.3, -0.25) is 33.8 Å². The summed E-state index contributed by atoms with van der Waals surface area (Å²) in [5, 5.41) is 12.2. The number of hydrogen-bond acceptors (Lipinski definition) is 10. The molecule has 9 rings (SSSR count).